The highest BCUT2D eigenvalue weighted by Crippen LogP contribution is 2.20. The number of rotatable bonds is 24. The van der Waals surface area contributed by atoms with E-state index in [-0.39, 0.29) is 44.6 Å². The van der Waals surface area contributed by atoms with Gasteiger partial charge in [-0.3, -0.25) is 33.6 Å². The van der Waals surface area contributed by atoms with E-state index < -0.39 is 66.2 Å². The third kappa shape index (κ3) is 16.4. The van der Waals surface area contributed by atoms with Crippen molar-refractivity contribution in [3.8, 4) is 11.1 Å². The van der Waals surface area contributed by atoms with E-state index in [1.54, 1.807) is 78.9 Å². The van der Waals surface area contributed by atoms with Crippen molar-refractivity contribution in [2.24, 2.45) is 0 Å². The fraction of sp³-hybridized carbons (Fsp3) is 0.232. The molecule has 6 aromatic rings. The molecule has 0 unspecified atom stereocenters. The van der Waals surface area contributed by atoms with Crippen LogP contribution in [0.3, 0.4) is 0 Å². The largest absolute Gasteiger partial charge is 0.480 e. The molecule has 0 bridgehead atoms. The lowest BCUT2D eigenvalue weighted by atomic mass is 9.98. The van der Waals surface area contributed by atoms with Gasteiger partial charge >= 0.3 is 5.97 Å². The van der Waals surface area contributed by atoms with Crippen molar-refractivity contribution in [2.75, 3.05) is 11.9 Å². The number of aryl methyl sites for hydroxylation is 1. The lowest BCUT2D eigenvalue weighted by Crippen LogP contribution is -2.59. The molecule has 14 heteroatoms. The first kappa shape index (κ1) is 51.0. The minimum Gasteiger partial charge on any atom is -0.480 e. The monoisotopic (exact) mass is 942 g/mol. The number of carboxylic acid groups (broad SMARTS) is 1. The molecule has 0 aliphatic heterocycles. The first-order valence-corrected chi connectivity index (χ1v) is 23.2. The van der Waals surface area contributed by atoms with Gasteiger partial charge in [0.2, 0.25) is 35.4 Å². The second kappa shape index (κ2) is 26.2. The number of aliphatic carboxylic acids is 1. The van der Waals surface area contributed by atoms with Crippen LogP contribution in [0.4, 0.5) is 5.69 Å². The van der Waals surface area contributed by atoms with Crippen LogP contribution in [0.15, 0.2) is 176 Å². The molecule has 0 saturated carbocycles. The zero-order chi connectivity index (χ0) is 49.7. The van der Waals surface area contributed by atoms with Crippen molar-refractivity contribution in [3.63, 3.8) is 0 Å². The molecular formula is C56H58N6O8. The van der Waals surface area contributed by atoms with Crippen molar-refractivity contribution in [1.29, 1.82) is 0 Å². The molecule has 14 nitrogen and oxygen atoms in total. The molecule has 6 rings (SSSR count). The van der Waals surface area contributed by atoms with Crippen LogP contribution in [0.5, 0.6) is 0 Å². The minimum absolute atomic E-state index is 0.00221. The van der Waals surface area contributed by atoms with Crippen LogP contribution < -0.4 is 26.6 Å². The Hall–Kier alpha value is -8.39. The molecule has 0 heterocycles. The number of hydrogen-bond acceptors (Lipinski definition) is 7. The van der Waals surface area contributed by atoms with E-state index in [9.17, 15) is 38.7 Å². The molecule has 0 saturated heterocycles. The van der Waals surface area contributed by atoms with Crippen molar-refractivity contribution in [3.05, 3.63) is 198 Å². The number of amides is 6. The molecule has 6 aromatic carbocycles. The van der Waals surface area contributed by atoms with Gasteiger partial charge in [0.05, 0.1) is 0 Å². The number of benzene rings is 6. The van der Waals surface area contributed by atoms with Gasteiger partial charge in [-0.1, -0.05) is 164 Å². The van der Waals surface area contributed by atoms with E-state index in [2.05, 4.69) is 26.6 Å². The van der Waals surface area contributed by atoms with Gasteiger partial charge in [0, 0.05) is 37.9 Å². The second-order valence-electron chi connectivity index (χ2n) is 16.9. The molecule has 6 N–H and O–H groups in total. The molecule has 4 atom stereocenters. The molecular weight excluding hydrogens is 885 g/mol. The minimum atomic E-state index is -1.27. The molecule has 0 spiro atoms. The Kier molecular flexibility index (Phi) is 19.1. The number of carbonyl (C=O) groups is 7. The highest BCUT2D eigenvalue weighted by Gasteiger charge is 2.32. The summed E-state index contributed by atoms with van der Waals surface area (Å²) in [6, 6.07) is 48.5. The Morgan fingerprint density at radius 1 is 0.471 bits per heavy atom. The van der Waals surface area contributed by atoms with E-state index in [1.165, 1.54) is 6.92 Å². The van der Waals surface area contributed by atoms with Gasteiger partial charge in [0.25, 0.3) is 0 Å². The average molecular weight is 943 g/mol. The molecule has 360 valence electrons. The summed E-state index contributed by atoms with van der Waals surface area (Å²) in [6.07, 6.45) is 0.204. The zero-order valence-electron chi connectivity index (χ0n) is 39.0. The highest BCUT2D eigenvalue weighted by atomic mass is 16.4. The summed E-state index contributed by atoms with van der Waals surface area (Å²) >= 11 is 0. The van der Waals surface area contributed by atoms with Crippen LogP contribution in [-0.2, 0) is 59.4 Å². The topological polar surface area (TPSA) is 203 Å². The summed E-state index contributed by atoms with van der Waals surface area (Å²) in [7, 11) is 0. The van der Waals surface area contributed by atoms with Crippen molar-refractivity contribution < 1.29 is 38.7 Å². The number of carbonyl (C=O) groups excluding carboxylic acids is 6. The average Bonchev–Trinajstić information content (AvgIpc) is 3.37. The van der Waals surface area contributed by atoms with Crippen LogP contribution in [-0.4, -0.2) is 82.1 Å². The molecule has 0 fully saturated rings. The first-order chi connectivity index (χ1) is 33.9. The zero-order valence-corrected chi connectivity index (χ0v) is 39.0. The highest BCUT2D eigenvalue weighted by molar-refractivity contribution is 5.97. The number of hydrogen-bond donors (Lipinski definition) is 6. The van der Waals surface area contributed by atoms with E-state index >= 15 is 0 Å². The quantitative estimate of drug-likeness (QED) is 0.0408. The summed E-state index contributed by atoms with van der Waals surface area (Å²) in [5.41, 5.74) is 5.49. The summed E-state index contributed by atoms with van der Waals surface area (Å²) in [5.74, 6) is -4.87. The van der Waals surface area contributed by atoms with Gasteiger partial charge in [-0.05, 0) is 65.3 Å². The van der Waals surface area contributed by atoms with Gasteiger partial charge in [-0.25, -0.2) is 0 Å². The van der Waals surface area contributed by atoms with Gasteiger partial charge in [-0.15, -0.1) is 0 Å². The van der Waals surface area contributed by atoms with Crippen molar-refractivity contribution in [1.82, 2.24) is 26.2 Å². The number of anilines is 1. The fourth-order valence-corrected chi connectivity index (χ4v) is 7.80. The van der Waals surface area contributed by atoms with Gasteiger partial charge in [0.1, 0.15) is 30.7 Å². The maximum Gasteiger partial charge on any atom is 0.323 e. The van der Waals surface area contributed by atoms with Gasteiger partial charge in [0.15, 0.2) is 0 Å². The van der Waals surface area contributed by atoms with Crippen molar-refractivity contribution >= 4 is 47.1 Å². The Bertz CT molecular complexity index is 2660. The Balaban J connectivity index is 1.24. The SMILES string of the molecule is C[C@H](NC(=O)[C@@H](Cc1ccccc1)NC(=O)[C@H](Cc1ccc(-c2ccccc2)cc1)NC(=O)[C@@H](CCc1ccccc1)NC(=O)CCC(=O)Nc1ccccc1)C(=O)N(CC(=O)O)Cc1ccccc1. The third-order valence-corrected chi connectivity index (χ3v) is 11.5. The summed E-state index contributed by atoms with van der Waals surface area (Å²) in [6.45, 7) is 0.825. The second-order valence-corrected chi connectivity index (χ2v) is 16.9. The van der Waals surface area contributed by atoms with Crippen LogP contribution >= 0.6 is 0 Å². The standard InChI is InChI=1S/C56H58N6O8/c1-39(56(70)62(38-52(65)66)37-43-21-11-4-12-22-43)57-54(68)48(35-41-19-9-3-10-20-41)61-55(69)49(36-42-27-30-45(31-28-42)44-23-13-5-14-24-44)60-53(67)47(32-29-40-17-7-2-8-18-40)59-51(64)34-33-50(63)58-46-25-15-6-16-26-46/h2-28,30-31,39,47-49H,29,32-38H2,1H3,(H,57,68)(H,58,63)(H,59,64)(H,60,67)(H,61,69)(H,65,66)/t39-,47+,48+,49-/m0/s1. The number of carboxylic acids is 1. The van der Waals surface area contributed by atoms with E-state index in [1.807, 2.05) is 97.1 Å². The smallest absolute Gasteiger partial charge is 0.323 e. The third-order valence-electron chi connectivity index (χ3n) is 11.5. The lowest BCUT2D eigenvalue weighted by molar-refractivity contribution is -0.146. The predicted molar refractivity (Wildman–Crippen MR) is 268 cm³/mol. The molecule has 70 heavy (non-hydrogen) atoms. The maximum atomic E-state index is 14.7. The number of nitrogens with zero attached hydrogens (tertiary/aromatic N) is 1. The van der Waals surface area contributed by atoms with Crippen molar-refractivity contribution in [2.45, 2.75) is 76.2 Å². The van der Waals surface area contributed by atoms with Crippen LogP contribution in [0.2, 0.25) is 0 Å². The lowest BCUT2D eigenvalue weighted by Gasteiger charge is -2.28. The molecule has 0 aliphatic carbocycles. The Labute approximate surface area is 407 Å². The van der Waals surface area contributed by atoms with E-state index in [0.717, 1.165) is 21.6 Å². The van der Waals surface area contributed by atoms with Crippen LogP contribution in [0.1, 0.15) is 48.4 Å². The van der Waals surface area contributed by atoms with Crippen LogP contribution in [0, 0.1) is 0 Å². The Morgan fingerprint density at radius 2 is 0.914 bits per heavy atom. The summed E-state index contributed by atoms with van der Waals surface area (Å²) < 4.78 is 0. The van der Waals surface area contributed by atoms with E-state index in [0.29, 0.717) is 28.8 Å². The van der Waals surface area contributed by atoms with Crippen LogP contribution in [0.25, 0.3) is 11.1 Å². The molecule has 6 amide bonds. The van der Waals surface area contributed by atoms with Gasteiger partial charge < -0.3 is 36.6 Å². The predicted octanol–water partition coefficient (Wildman–Crippen LogP) is 6.26. The Morgan fingerprint density at radius 3 is 1.47 bits per heavy atom. The molecule has 0 aromatic heterocycles. The summed E-state index contributed by atoms with van der Waals surface area (Å²) in [5, 5.41) is 23.7. The molecule has 0 aliphatic rings. The molecule has 0 radical (unpaired) electrons. The normalized spacial score (nSPS) is 12.5. The first-order valence-electron chi connectivity index (χ1n) is 23.2. The summed E-state index contributed by atoms with van der Waals surface area (Å²) in [4.78, 5) is 96.4. The maximum absolute atomic E-state index is 14.7. The fourth-order valence-electron chi connectivity index (χ4n) is 7.80. The van der Waals surface area contributed by atoms with Gasteiger partial charge in [-0.2, -0.15) is 0 Å². The number of para-hydroxylation sites is 1. The number of nitrogens with one attached hydrogen (secondary N) is 5. The van der Waals surface area contributed by atoms with E-state index in [4.69, 9.17) is 0 Å².